The van der Waals surface area contributed by atoms with Crippen molar-refractivity contribution in [1.29, 1.82) is 0 Å². The molecule has 41 heavy (non-hydrogen) atoms. The summed E-state index contributed by atoms with van der Waals surface area (Å²) < 4.78 is 0. The molecule has 0 aromatic carbocycles. The van der Waals surface area contributed by atoms with E-state index in [0.29, 0.717) is 12.8 Å². The topological polar surface area (TPSA) is 69.6 Å². The molecular formula is C37H69NO3. The zero-order valence-corrected chi connectivity index (χ0v) is 27.3. The predicted octanol–water partition coefficient (Wildman–Crippen LogP) is 10.3. The van der Waals surface area contributed by atoms with Crippen molar-refractivity contribution in [2.45, 2.75) is 187 Å². The maximum atomic E-state index is 12.3. The van der Waals surface area contributed by atoms with Crippen molar-refractivity contribution in [1.82, 2.24) is 5.32 Å². The highest BCUT2D eigenvalue weighted by Gasteiger charge is 2.19. The SMILES string of the molecule is CCCCC/C=C/C/C=C/CCCCCCCC(=O)N[C@@H](CO)[C@H](O)CCCC/C=C/CCCCCCCCCC. The number of amides is 1. The first-order valence-corrected chi connectivity index (χ1v) is 17.7. The molecule has 0 bridgehead atoms. The monoisotopic (exact) mass is 576 g/mol. The second-order valence-electron chi connectivity index (χ2n) is 11.9. The summed E-state index contributed by atoms with van der Waals surface area (Å²) in [5, 5.41) is 23.0. The molecule has 4 nitrogen and oxygen atoms in total. The summed E-state index contributed by atoms with van der Waals surface area (Å²) in [5.74, 6) is -0.0577. The fourth-order valence-corrected chi connectivity index (χ4v) is 5.09. The van der Waals surface area contributed by atoms with Gasteiger partial charge in [-0.25, -0.2) is 0 Å². The number of allylic oxidation sites excluding steroid dienone is 6. The van der Waals surface area contributed by atoms with Gasteiger partial charge >= 0.3 is 0 Å². The Morgan fingerprint density at radius 3 is 1.54 bits per heavy atom. The van der Waals surface area contributed by atoms with Crippen LogP contribution < -0.4 is 5.32 Å². The zero-order chi connectivity index (χ0) is 30.1. The first kappa shape index (κ1) is 39.6. The zero-order valence-electron chi connectivity index (χ0n) is 27.3. The van der Waals surface area contributed by atoms with Gasteiger partial charge < -0.3 is 15.5 Å². The van der Waals surface area contributed by atoms with Crippen LogP contribution >= 0.6 is 0 Å². The number of aliphatic hydroxyl groups excluding tert-OH is 2. The molecular weight excluding hydrogens is 506 g/mol. The van der Waals surface area contributed by atoms with E-state index in [1.54, 1.807) is 0 Å². The number of nitrogens with one attached hydrogen (secondary N) is 1. The molecule has 0 aliphatic heterocycles. The average molecular weight is 576 g/mol. The van der Waals surface area contributed by atoms with E-state index in [0.717, 1.165) is 51.4 Å². The van der Waals surface area contributed by atoms with Crippen LogP contribution in [0, 0.1) is 0 Å². The Kier molecular flexibility index (Phi) is 32.0. The van der Waals surface area contributed by atoms with Gasteiger partial charge in [0.25, 0.3) is 0 Å². The van der Waals surface area contributed by atoms with Gasteiger partial charge in [0, 0.05) is 6.42 Å². The summed E-state index contributed by atoms with van der Waals surface area (Å²) in [4.78, 5) is 12.3. The van der Waals surface area contributed by atoms with Crippen molar-refractivity contribution in [3.8, 4) is 0 Å². The Morgan fingerprint density at radius 1 is 0.585 bits per heavy atom. The Hall–Kier alpha value is -1.39. The van der Waals surface area contributed by atoms with Crippen molar-refractivity contribution in [3.63, 3.8) is 0 Å². The highest BCUT2D eigenvalue weighted by Crippen LogP contribution is 2.12. The molecule has 0 rings (SSSR count). The van der Waals surface area contributed by atoms with Crippen molar-refractivity contribution in [3.05, 3.63) is 36.5 Å². The van der Waals surface area contributed by atoms with Crippen LogP contribution in [0.2, 0.25) is 0 Å². The van der Waals surface area contributed by atoms with E-state index in [2.05, 4.69) is 55.6 Å². The summed E-state index contributed by atoms with van der Waals surface area (Å²) in [6.45, 7) is 4.29. The number of hydrogen-bond acceptors (Lipinski definition) is 3. The molecule has 0 saturated carbocycles. The number of carbonyl (C=O) groups is 1. The molecule has 3 N–H and O–H groups in total. The van der Waals surface area contributed by atoms with Gasteiger partial charge in [0.15, 0.2) is 0 Å². The maximum absolute atomic E-state index is 12.3. The number of unbranched alkanes of at least 4 members (excludes halogenated alkanes) is 18. The Balaban J connectivity index is 3.66. The smallest absolute Gasteiger partial charge is 0.220 e. The molecule has 2 atom stereocenters. The van der Waals surface area contributed by atoms with Gasteiger partial charge in [-0.1, -0.05) is 134 Å². The first-order chi connectivity index (χ1) is 20.2. The van der Waals surface area contributed by atoms with Crippen molar-refractivity contribution in [2.75, 3.05) is 6.61 Å². The molecule has 0 aromatic heterocycles. The molecule has 0 unspecified atom stereocenters. The van der Waals surface area contributed by atoms with Crippen LogP contribution in [0.1, 0.15) is 174 Å². The number of rotatable bonds is 31. The van der Waals surface area contributed by atoms with Gasteiger partial charge in [-0.05, 0) is 70.6 Å². The third kappa shape index (κ3) is 29.9. The van der Waals surface area contributed by atoms with Crippen LogP contribution in [-0.4, -0.2) is 34.9 Å². The van der Waals surface area contributed by atoms with E-state index < -0.39 is 12.1 Å². The third-order valence-electron chi connectivity index (χ3n) is 7.87. The van der Waals surface area contributed by atoms with E-state index in [-0.39, 0.29) is 12.5 Å². The summed E-state index contributed by atoms with van der Waals surface area (Å²) in [6, 6.07) is -0.557. The molecule has 0 fully saturated rings. The van der Waals surface area contributed by atoms with Gasteiger partial charge in [0.1, 0.15) is 0 Å². The van der Waals surface area contributed by atoms with E-state index in [4.69, 9.17) is 0 Å². The van der Waals surface area contributed by atoms with E-state index in [9.17, 15) is 15.0 Å². The van der Waals surface area contributed by atoms with Crippen molar-refractivity contribution < 1.29 is 15.0 Å². The lowest BCUT2D eigenvalue weighted by Crippen LogP contribution is -2.45. The third-order valence-corrected chi connectivity index (χ3v) is 7.87. The highest BCUT2D eigenvalue weighted by atomic mass is 16.3. The standard InChI is InChI=1S/C37H69NO3/c1-3-5-7-9-11-13-15-17-19-21-23-25-27-29-31-33-37(41)38-35(34-39)36(40)32-30-28-26-24-22-20-18-16-14-12-10-8-6-4-2/h11,13,17,19,22,24,35-36,39-40H,3-10,12,14-16,18,20-21,23,25-34H2,1-2H3,(H,38,41)/b13-11+,19-17+,24-22+/t35-,36+/m0/s1. The van der Waals surface area contributed by atoms with Crippen LogP contribution in [-0.2, 0) is 4.79 Å². The highest BCUT2D eigenvalue weighted by molar-refractivity contribution is 5.76. The van der Waals surface area contributed by atoms with Crippen LogP contribution in [0.3, 0.4) is 0 Å². The molecule has 4 heteroatoms. The number of carbonyl (C=O) groups excluding carboxylic acids is 1. The molecule has 0 saturated heterocycles. The molecule has 0 aromatic rings. The maximum Gasteiger partial charge on any atom is 0.220 e. The minimum absolute atomic E-state index is 0.0577. The fourth-order valence-electron chi connectivity index (χ4n) is 5.09. The summed E-state index contributed by atoms with van der Waals surface area (Å²) in [7, 11) is 0. The minimum atomic E-state index is -0.685. The van der Waals surface area contributed by atoms with Crippen molar-refractivity contribution >= 4 is 5.91 Å². The second-order valence-corrected chi connectivity index (χ2v) is 11.9. The number of aliphatic hydroxyl groups is 2. The second kappa shape index (κ2) is 33.1. The van der Waals surface area contributed by atoms with Crippen LogP contribution in [0.15, 0.2) is 36.5 Å². The van der Waals surface area contributed by atoms with E-state index >= 15 is 0 Å². The first-order valence-electron chi connectivity index (χ1n) is 17.7. The molecule has 0 aliphatic carbocycles. The number of hydrogen-bond donors (Lipinski definition) is 3. The summed E-state index contributed by atoms with van der Waals surface area (Å²) >= 11 is 0. The quantitative estimate of drug-likeness (QED) is 0.0569. The van der Waals surface area contributed by atoms with Crippen LogP contribution in [0.5, 0.6) is 0 Å². The molecule has 240 valence electrons. The summed E-state index contributed by atoms with van der Waals surface area (Å²) in [5.41, 5.74) is 0. The van der Waals surface area contributed by atoms with Gasteiger partial charge in [0.2, 0.25) is 5.91 Å². The lowest BCUT2D eigenvalue weighted by Gasteiger charge is -2.22. The van der Waals surface area contributed by atoms with Gasteiger partial charge in [0.05, 0.1) is 18.8 Å². The summed E-state index contributed by atoms with van der Waals surface area (Å²) in [6.07, 6.45) is 41.9. The molecule has 0 heterocycles. The Morgan fingerprint density at radius 2 is 1.00 bits per heavy atom. The lowest BCUT2D eigenvalue weighted by atomic mass is 10.0. The van der Waals surface area contributed by atoms with Gasteiger partial charge in [-0.2, -0.15) is 0 Å². The van der Waals surface area contributed by atoms with Crippen LogP contribution in [0.4, 0.5) is 0 Å². The molecule has 0 radical (unpaired) electrons. The molecule has 0 aliphatic rings. The average Bonchev–Trinajstić information content (AvgIpc) is 2.97. The predicted molar refractivity (Wildman–Crippen MR) is 179 cm³/mol. The van der Waals surface area contributed by atoms with Crippen LogP contribution in [0.25, 0.3) is 0 Å². The van der Waals surface area contributed by atoms with E-state index in [1.807, 2.05) is 0 Å². The Bertz CT molecular complexity index is 628. The Labute approximate surface area is 255 Å². The minimum Gasteiger partial charge on any atom is -0.394 e. The van der Waals surface area contributed by atoms with E-state index in [1.165, 1.54) is 96.3 Å². The lowest BCUT2D eigenvalue weighted by molar-refractivity contribution is -0.123. The van der Waals surface area contributed by atoms with Gasteiger partial charge in [-0.3, -0.25) is 4.79 Å². The van der Waals surface area contributed by atoms with Crippen molar-refractivity contribution in [2.24, 2.45) is 0 Å². The molecule has 1 amide bonds. The fraction of sp³-hybridized carbons (Fsp3) is 0.811. The largest absolute Gasteiger partial charge is 0.394 e. The van der Waals surface area contributed by atoms with Gasteiger partial charge in [-0.15, -0.1) is 0 Å². The molecule has 0 spiro atoms. The normalized spacial score (nSPS) is 13.6.